The molecule has 250 valence electrons. The second-order valence-corrected chi connectivity index (χ2v) is 13.8. The van der Waals surface area contributed by atoms with Gasteiger partial charge in [-0.25, -0.2) is 4.85 Å². The van der Waals surface area contributed by atoms with Crippen LogP contribution in [0.3, 0.4) is 0 Å². The molecule has 0 spiro atoms. The van der Waals surface area contributed by atoms with E-state index in [0.717, 1.165) is 57.2 Å². The van der Waals surface area contributed by atoms with E-state index in [1.165, 1.54) is 16.7 Å². The smallest absolute Gasteiger partial charge is 0.187 e. The Balaban J connectivity index is 0.000000182. The Morgan fingerprint density at radius 3 is 1.73 bits per heavy atom. The molecule has 5 nitrogen and oxygen atoms in total. The fourth-order valence-electron chi connectivity index (χ4n) is 6.56. The first-order valence-electron chi connectivity index (χ1n) is 16.3. The highest BCUT2D eigenvalue weighted by Crippen LogP contribution is 2.37. The summed E-state index contributed by atoms with van der Waals surface area (Å²) in [5, 5.41) is 6.16. The van der Waals surface area contributed by atoms with E-state index in [9.17, 15) is 0 Å². The maximum Gasteiger partial charge on any atom is 0.187 e. The molecule has 2 unspecified atom stereocenters. The lowest BCUT2D eigenvalue weighted by molar-refractivity contribution is 0.215. The van der Waals surface area contributed by atoms with Crippen molar-refractivity contribution in [1.29, 1.82) is 0 Å². The first-order valence-corrected chi connectivity index (χ1v) is 17.8. The lowest BCUT2D eigenvalue weighted by Gasteiger charge is -2.43. The zero-order valence-corrected chi connectivity index (χ0v) is 30.0. The van der Waals surface area contributed by atoms with Crippen molar-refractivity contribution in [3.63, 3.8) is 0 Å². The Hall–Kier alpha value is -3.73. The number of benzene rings is 5. The van der Waals surface area contributed by atoms with Crippen LogP contribution in [0.4, 0.5) is 17.1 Å². The third-order valence-electron chi connectivity index (χ3n) is 8.99. The zero-order chi connectivity index (χ0) is 34.2. The minimum atomic E-state index is 0.200. The SMILES string of the molecule is Clc1ccc(N2CCNCC2c2ccccc2)c(Cl)c1.[C-]#[N+]c1ccc(CN2CCN(c3ccc(Cl)cc3Cl)C(c3ccccc3)C2)cc1. The summed E-state index contributed by atoms with van der Waals surface area (Å²) >= 11 is 25.0. The summed E-state index contributed by atoms with van der Waals surface area (Å²) in [5.41, 5.74) is 6.54. The molecule has 1 N–H and O–H groups in total. The maximum atomic E-state index is 7.11. The van der Waals surface area contributed by atoms with E-state index in [4.69, 9.17) is 53.0 Å². The van der Waals surface area contributed by atoms with E-state index >= 15 is 0 Å². The average molecular weight is 730 g/mol. The second-order valence-electron chi connectivity index (χ2n) is 12.1. The summed E-state index contributed by atoms with van der Waals surface area (Å²) in [4.78, 5) is 10.7. The third-order valence-corrected chi connectivity index (χ3v) is 10.1. The van der Waals surface area contributed by atoms with Gasteiger partial charge in [-0.15, -0.1) is 0 Å². The van der Waals surface area contributed by atoms with Crippen molar-refractivity contribution in [3.05, 3.63) is 170 Å². The van der Waals surface area contributed by atoms with Gasteiger partial charge in [-0.3, -0.25) is 4.90 Å². The van der Waals surface area contributed by atoms with Crippen molar-refractivity contribution < 1.29 is 0 Å². The topological polar surface area (TPSA) is 26.1 Å². The van der Waals surface area contributed by atoms with Gasteiger partial charge in [0.05, 0.1) is 40.1 Å². The van der Waals surface area contributed by atoms with Crippen LogP contribution < -0.4 is 15.1 Å². The van der Waals surface area contributed by atoms with Gasteiger partial charge in [0, 0.05) is 55.9 Å². The van der Waals surface area contributed by atoms with Gasteiger partial charge in [0.1, 0.15) is 0 Å². The minimum Gasteiger partial charge on any atom is -0.361 e. The fraction of sp³-hybridized carbons (Fsp3) is 0.225. The molecule has 0 bridgehead atoms. The minimum absolute atomic E-state index is 0.200. The standard InChI is InChI=1S/C24H21Cl2N3.C16H16Cl2N2/c1-27-21-10-7-18(8-11-21)16-28-13-14-29(23-12-9-20(25)15-22(23)26)24(17-28)19-5-3-2-4-6-19;17-13-6-7-15(14(18)10-13)20-9-8-19-11-16(20)12-4-2-1-3-5-12/h2-12,15,24H,13-14,16-17H2;1-7,10,16,19H,8-9,11H2. The summed E-state index contributed by atoms with van der Waals surface area (Å²) in [7, 11) is 0. The molecule has 5 aromatic rings. The van der Waals surface area contributed by atoms with Crippen molar-refractivity contribution in [2.75, 3.05) is 49.1 Å². The summed E-state index contributed by atoms with van der Waals surface area (Å²) < 4.78 is 0. The molecule has 7 rings (SSSR count). The van der Waals surface area contributed by atoms with Crippen molar-refractivity contribution in [1.82, 2.24) is 10.2 Å². The molecule has 9 heteroatoms. The van der Waals surface area contributed by atoms with E-state index in [-0.39, 0.29) is 6.04 Å². The summed E-state index contributed by atoms with van der Waals surface area (Å²) in [5.74, 6) is 0. The van der Waals surface area contributed by atoms with Crippen LogP contribution in [-0.2, 0) is 6.54 Å². The number of anilines is 2. The van der Waals surface area contributed by atoms with E-state index in [2.05, 4.69) is 73.4 Å². The Kier molecular flexibility index (Phi) is 12.0. The molecule has 2 fully saturated rings. The highest BCUT2D eigenvalue weighted by molar-refractivity contribution is 6.37. The normalized spacial score (nSPS) is 17.9. The van der Waals surface area contributed by atoms with E-state index in [0.29, 0.717) is 31.8 Å². The number of rotatable bonds is 6. The summed E-state index contributed by atoms with van der Waals surface area (Å²) in [6.07, 6.45) is 0. The van der Waals surface area contributed by atoms with Gasteiger partial charge in [0.15, 0.2) is 5.69 Å². The zero-order valence-electron chi connectivity index (χ0n) is 27.0. The Morgan fingerprint density at radius 1 is 0.633 bits per heavy atom. The fourth-order valence-corrected chi connectivity index (χ4v) is 7.59. The first-order chi connectivity index (χ1) is 23.9. The van der Waals surface area contributed by atoms with Gasteiger partial charge < -0.3 is 15.1 Å². The molecule has 2 aliphatic heterocycles. The van der Waals surface area contributed by atoms with Gasteiger partial charge in [0.25, 0.3) is 0 Å². The second kappa shape index (κ2) is 16.8. The Bertz CT molecular complexity index is 1860. The van der Waals surface area contributed by atoms with Crippen LogP contribution in [-0.4, -0.2) is 44.2 Å². The lowest BCUT2D eigenvalue weighted by atomic mass is 10.0. The van der Waals surface area contributed by atoms with Crippen LogP contribution >= 0.6 is 46.4 Å². The van der Waals surface area contributed by atoms with Gasteiger partial charge in [-0.1, -0.05) is 131 Å². The number of nitrogens with zero attached hydrogens (tertiary/aromatic N) is 4. The van der Waals surface area contributed by atoms with Crippen LogP contribution in [0.2, 0.25) is 20.1 Å². The van der Waals surface area contributed by atoms with Crippen molar-refractivity contribution in [2.45, 2.75) is 18.6 Å². The molecule has 0 aliphatic carbocycles. The summed E-state index contributed by atoms with van der Waals surface area (Å²) in [6.45, 7) is 13.5. The predicted molar refractivity (Wildman–Crippen MR) is 207 cm³/mol. The van der Waals surface area contributed by atoms with Crippen LogP contribution in [0.25, 0.3) is 4.85 Å². The van der Waals surface area contributed by atoms with Gasteiger partial charge in [-0.2, -0.15) is 0 Å². The molecule has 0 aromatic heterocycles. The number of piperazine rings is 2. The molecule has 2 saturated heterocycles. The monoisotopic (exact) mass is 727 g/mol. The number of hydrogen-bond donors (Lipinski definition) is 1. The molecule has 2 heterocycles. The molecule has 2 aliphatic rings. The summed E-state index contributed by atoms with van der Waals surface area (Å²) in [6, 6.07) is 40.9. The first kappa shape index (κ1) is 35.1. The molecule has 49 heavy (non-hydrogen) atoms. The van der Waals surface area contributed by atoms with Gasteiger partial charge in [-0.05, 0) is 53.1 Å². The van der Waals surface area contributed by atoms with E-state index in [1.807, 2.05) is 72.8 Å². The van der Waals surface area contributed by atoms with Crippen LogP contribution in [0.1, 0.15) is 28.8 Å². The van der Waals surface area contributed by atoms with E-state index < -0.39 is 0 Å². The molecule has 5 aromatic carbocycles. The van der Waals surface area contributed by atoms with Crippen LogP contribution in [0.5, 0.6) is 0 Å². The van der Waals surface area contributed by atoms with Crippen molar-refractivity contribution >= 4 is 63.5 Å². The van der Waals surface area contributed by atoms with E-state index in [1.54, 1.807) is 0 Å². The molecular formula is C40H37Cl4N5. The molecule has 0 saturated carbocycles. The number of nitrogens with one attached hydrogen (secondary N) is 1. The molecule has 0 amide bonds. The van der Waals surface area contributed by atoms with Crippen molar-refractivity contribution in [2.24, 2.45) is 0 Å². The molecular weight excluding hydrogens is 692 g/mol. The lowest BCUT2D eigenvalue weighted by Crippen LogP contribution is -2.48. The van der Waals surface area contributed by atoms with Gasteiger partial charge in [0.2, 0.25) is 0 Å². The maximum absolute atomic E-state index is 7.11. The third kappa shape index (κ3) is 8.90. The van der Waals surface area contributed by atoms with Gasteiger partial charge >= 0.3 is 0 Å². The quantitative estimate of drug-likeness (QED) is 0.176. The Morgan fingerprint density at radius 2 is 1.18 bits per heavy atom. The number of hydrogen-bond acceptors (Lipinski definition) is 4. The van der Waals surface area contributed by atoms with Crippen molar-refractivity contribution in [3.8, 4) is 0 Å². The molecule has 0 radical (unpaired) electrons. The highest BCUT2D eigenvalue weighted by Gasteiger charge is 2.30. The van der Waals surface area contributed by atoms with Crippen LogP contribution in [0, 0.1) is 6.57 Å². The molecule has 2 atom stereocenters. The average Bonchev–Trinajstić information content (AvgIpc) is 3.13. The highest BCUT2D eigenvalue weighted by atomic mass is 35.5. The van der Waals surface area contributed by atoms with Crippen LogP contribution in [0.15, 0.2) is 121 Å². The number of halogens is 4. The predicted octanol–water partition coefficient (Wildman–Crippen LogP) is 10.8. The largest absolute Gasteiger partial charge is 0.361 e. The Labute approximate surface area is 309 Å².